The van der Waals surface area contributed by atoms with Gasteiger partial charge in [-0.1, -0.05) is 54.6 Å². The number of nitrogens with zero attached hydrogens (tertiary/aromatic N) is 2. The number of anilines is 2. The topological polar surface area (TPSA) is 44.7 Å². The number of nitrogens with one attached hydrogen (secondary N) is 1. The van der Waals surface area contributed by atoms with Crippen LogP contribution in [0, 0.1) is 6.92 Å². The molecule has 0 spiro atoms. The molecule has 3 rings (SSSR count). The fraction of sp³-hybridized carbons (Fsp3) is 0.222. The Labute approximate surface area is 140 Å². The summed E-state index contributed by atoms with van der Waals surface area (Å²) in [5.41, 5.74) is 2.75. The smallest absolute Gasteiger partial charge is 0.307 e. The number of rotatable bonds is 2. The van der Waals surface area contributed by atoms with E-state index in [1.165, 1.54) is 0 Å². The van der Waals surface area contributed by atoms with Crippen molar-refractivity contribution in [3.8, 4) is 0 Å². The molecular formula is C18H19N3OS. The second-order valence-electron chi connectivity index (χ2n) is 5.52. The molecule has 1 N–H and O–H groups in total. The van der Waals surface area contributed by atoms with Crippen molar-refractivity contribution < 1.29 is 4.79 Å². The van der Waals surface area contributed by atoms with Gasteiger partial charge in [0.15, 0.2) is 5.17 Å². The van der Waals surface area contributed by atoms with Gasteiger partial charge < -0.3 is 5.32 Å². The molecule has 1 heterocycles. The highest BCUT2D eigenvalue weighted by molar-refractivity contribution is 8.15. The molecule has 2 aromatic rings. The molecule has 0 radical (unpaired) electrons. The van der Waals surface area contributed by atoms with Crippen LogP contribution >= 0.6 is 11.8 Å². The van der Waals surface area contributed by atoms with Crippen LogP contribution < -0.4 is 10.2 Å². The van der Waals surface area contributed by atoms with Gasteiger partial charge in [-0.2, -0.15) is 0 Å². The molecule has 1 atom stereocenters. The minimum atomic E-state index is -0.194. The zero-order chi connectivity index (χ0) is 16.2. The Morgan fingerprint density at radius 1 is 1.17 bits per heavy atom. The van der Waals surface area contributed by atoms with Gasteiger partial charge in [0.25, 0.3) is 0 Å². The summed E-state index contributed by atoms with van der Waals surface area (Å²) in [5, 5.41) is 4.08. The van der Waals surface area contributed by atoms with Crippen molar-refractivity contribution >= 4 is 34.3 Å². The summed E-state index contributed by atoms with van der Waals surface area (Å²) >= 11 is 1.63. The van der Waals surface area contributed by atoms with Crippen LogP contribution in [-0.4, -0.2) is 23.0 Å². The van der Waals surface area contributed by atoms with Crippen molar-refractivity contribution in [3.05, 3.63) is 60.2 Å². The minimum Gasteiger partial charge on any atom is -0.307 e. The number of hydrogen-bond donors (Lipinski definition) is 1. The molecule has 5 heteroatoms. The largest absolute Gasteiger partial charge is 0.332 e. The number of urea groups is 1. The lowest BCUT2D eigenvalue weighted by Crippen LogP contribution is -2.38. The third-order valence-electron chi connectivity index (χ3n) is 3.50. The second kappa shape index (κ2) is 6.87. The summed E-state index contributed by atoms with van der Waals surface area (Å²) in [6, 6.07) is 17.2. The highest BCUT2D eigenvalue weighted by Crippen LogP contribution is 2.28. The number of aryl methyl sites for hydroxylation is 1. The normalized spacial score (nSPS) is 16.8. The Bertz CT molecular complexity index is 713. The first-order valence-electron chi connectivity index (χ1n) is 7.57. The molecule has 0 aliphatic carbocycles. The van der Waals surface area contributed by atoms with Crippen LogP contribution in [0.25, 0.3) is 0 Å². The maximum atomic E-state index is 12.8. The molecule has 0 aromatic heterocycles. The molecule has 2 amide bonds. The first kappa shape index (κ1) is 15.6. The van der Waals surface area contributed by atoms with Crippen molar-refractivity contribution in [1.29, 1.82) is 0 Å². The van der Waals surface area contributed by atoms with Crippen LogP contribution in [0.15, 0.2) is 59.6 Å². The Hall–Kier alpha value is -2.27. The van der Waals surface area contributed by atoms with E-state index in [1.54, 1.807) is 16.7 Å². The summed E-state index contributed by atoms with van der Waals surface area (Å²) in [6.45, 7) is 4.88. The lowest BCUT2D eigenvalue weighted by molar-refractivity contribution is 0.259. The van der Waals surface area contributed by atoms with Crippen molar-refractivity contribution in [3.63, 3.8) is 0 Å². The first-order chi connectivity index (χ1) is 11.1. The summed E-state index contributed by atoms with van der Waals surface area (Å²) in [6.07, 6.45) is 0. The number of carbonyl (C=O) groups excluding carboxylic acids is 1. The van der Waals surface area contributed by atoms with Crippen LogP contribution in [0.3, 0.4) is 0 Å². The van der Waals surface area contributed by atoms with Crippen molar-refractivity contribution in [2.24, 2.45) is 4.99 Å². The van der Waals surface area contributed by atoms with Gasteiger partial charge in [0.05, 0.1) is 12.2 Å². The van der Waals surface area contributed by atoms with E-state index < -0.39 is 0 Å². The average molecular weight is 325 g/mol. The summed E-state index contributed by atoms with van der Waals surface area (Å²) in [5.74, 6) is 0. The van der Waals surface area contributed by atoms with Crippen LogP contribution in [0.2, 0.25) is 0 Å². The Morgan fingerprint density at radius 2 is 1.87 bits per heavy atom. The molecule has 0 saturated heterocycles. The number of hydrogen-bond acceptors (Lipinski definition) is 3. The van der Waals surface area contributed by atoms with Gasteiger partial charge >= 0.3 is 6.03 Å². The number of carbonyl (C=O) groups is 1. The minimum absolute atomic E-state index is 0.194. The SMILES string of the molecule is Cc1ccc(N(C(=O)Nc2ccccc2)C2=NC[C@H](C)S2)cc1. The highest BCUT2D eigenvalue weighted by atomic mass is 32.2. The van der Waals surface area contributed by atoms with Crippen LogP contribution in [0.4, 0.5) is 16.2 Å². The molecule has 0 unspecified atom stereocenters. The molecule has 118 valence electrons. The van der Waals surface area contributed by atoms with Crippen molar-refractivity contribution in [2.75, 3.05) is 16.8 Å². The van der Waals surface area contributed by atoms with E-state index in [9.17, 15) is 4.79 Å². The van der Waals surface area contributed by atoms with E-state index in [2.05, 4.69) is 17.2 Å². The van der Waals surface area contributed by atoms with Gasteiger partial charge in [-0.05, 0) is 31.2 Å². The van der Waals surface area contributed by atoms with Crippen molar-refractivity contribution in [1.82, 2.24) is 0 Å². The van der Waals surface area contributed by atoms with Crippen LogP contribution in [0.1, 0.15) is 12.5 Å². The van der Waals surface area contributed by atoms with E-state index in [-0.39, 0.29) is 6.03 Å². The lowest BCUT2D eigenvalue weighted by atomic mass is 10.2. The summed E-state index contributed by atoms with van der Waals surface area (Å²) < 4.78 is 0. The van der Waals surface area contributed by atoms with Gasteiger partial charge in [0.1, 0.15) is 0 Å². The Morgan fingerprint density at radius 3 is 2.48 bits per heavy atom. The predicted octanol–water partition coefficient (Wildman–Crippen LogP) is 4.52. The van der Waals surface area contributed by atoms with E-state index >= 15 is 0 Å². The third kappa shape index (κ3) is 3.74. The number of thioether (sulfide) groups is 1. The van der Waals surface area contributed by atoms with Gasteiger partial charge in [-0.25, -0.2) is 9.69 Å². The van der Waals surface area contributed by atoms with Crippen molar-refractivity contribution in [2.45, 2.75) is 19.1 Å². The molecule has 1 aliphatic heterocycles. The van der Waals surface area contributed by atoms with Gasteiger partial charge in [0, 0.05) is 10.9 Å². The molecule has 0 fully saturated rings. The summed E-state index contributed by atoms with van der Waals surface area (Å²) in [7, 11) is 0. The Kier molecular flexibility index (Phi) is 4.67. The van der Waals surface area contributed by atoms with E-state index in [0.29, 0.717) is 5.25 Å². The average Bonchev–Trinajstić information content (AvgIpc) is 2.96. The monoisotopic (exact) mass is 325 g/mol. The molecular weight excluding hydrogens is 306 g/mol. The number of benzene rings is 2. The number of amidine groups is 1. The van der Waals surface area contributed by atoms with E-state index in [0.717, 1.165) is 28.7 Å². The number of para-hydroxylation sites is 1. The Balaban J connectivity index is 1.88. The molecule has 2 aromatic carbocycles. The first-order valence-corrected chi connectivity index (χ1v) is 8.45. The fourth-order valence-corrected chi connectivity index (χ4v) is 3.25. The quantitative estimate of drug-likeness (QED) is 0.882. The van der Waals surface area contributed by atoms with E-state index in [4.69, 9.17) is 0 Å². The third-order valence-corrected chi connectivity index (χ3v) is 4.58. The van der Waals surface area contributed by atoms with Crippen LogP contribution in [0.5, 0.6) is 0 Å². The molecule has 1 aliphatic rings. The van der Waals surface area contributed by atoms with Gasteiger partial charge in [-0.3, -0.25) is 4.99 Å². The zero-order valence-corrected chi connectivity index (χ0v) is 14.0. The fourth-order valence-electron chi connectivity index (χ4n) is 2.29. The maximum absolute atomic E-state index is 12.8. The van der Waals surface area contributed by atoms with Gasteiger partial charge in [0.2, 0.25) is 0 Å². The maximum Gasteiger partial charge on any atom is 0.332 e. The van der Waals surface area contributed by atoms with E-state index in [1.807, 2.05) is 61.5 Å². The number of aliphatic imine (C=N–C) groups is 1. The van der Waals surface area contributed by atoms with Gasteiger partial charge in [-0.15, -0.1) is 0 Å². The lowest BCUT2D eigenvalue weighted by Gasteiger charge is -2.23. The van der Waals surface area contributed by atoms with Crippen LogP contribution in [-0.2, 0) is 0 Å². The molecule has 23 heavy (non-hydrogen) atoms. The molecule has 4 nitrogen and oxygen atoms in total. The zero-order valence-electron chi connectivity index (χ0n) is 13.2. The highest BCUT2D eigenvalue weighted by Gasteiger charge is 2.27. The summed E-state index contributed by atoms with van der Waals surface area (Å²) in [4.78, 5) is 19.0. The predicted molar refractivity (Wildman–Crippen MR) is 98.5 cm³/mol. The standard InChI is InChI=1S/C18H19N3OS/c1-13-8-10-16(11-9-13)21(18-19-12-14(2)23-18)17(22)20-15-6-4-3-5-7-15/h3-11,14H,12H2,1-2H3,(H,20,22)/t14-/m0/s1. The number of amides is 2. The molecule has 0 saturated carbocycles. The molecule has 0 bridgehead atoms. The second-order valence-corrected chi connectivity index (χ2v) is 6.92.